The van der Waals surface area contributed by atoms with E-state index >= 15 is 0 Å². The number of aromatic nitrogens is 1. The van der Waals surface area contributed by atoms with Crippen molar-refractivity contribution in [2.45, 2.75) is 60.3 Å². The molecule has 0 bridgehead atoms. The predicted molar refractivity (Wildman–Crippen MR) is 166 cm³/mol. The minimum Gasteiger partial charge on any atom is -0.340 e. The van der Waals surface area contributed by atoms with Gasteiger partial charge in [0.1, 0.15) is 0 Å². The molecule has 5 nitrogen and oxygen atoms in total. The summed E-state index contributed by atoms with van der Waals surface area (Å²) in [5, 5.41) is 7.17. The number of nitrogens with zero attached hydrogens (tertiary/aromatic N) is 3. The second-order valence-corrected chi connectivity index (χ2v) is 8.60. The second kappa shape index (κ2) is 21.6. The fourth-order valence-corrected chi connectivity index (χ4v) is 4.04. The zero-order chi connectivity index (χ0) is 28.1. The van der Waals surface area contributed by atoms with Crippen LogP contribution in [0.1, 0.15) is 75.8 Å². The van der Waals surface area contributed by atoms with Gasteiger partial charge in [0.15, 0.2) is 0 Å². The average Bonchev–Trinajstić information content (AvgIpc) is 2.95. The number of nitrogens with one attached hydrogen (secondary N) is 2. The normalized spacial score (nSPS) is 13.1. The van der Waals surface area contributed by atoms with Crippen molar-refractivity contribution in [2.75, 3.05) is 39.8 Å². The third-order valence-electron chi connectivity index (χ3n) is 5.67. The first kappa shape index (κ1) is 34.5. The van der Waals surface area contributed by atoms with Crippen LogP contribution in [0.15, 0.2) is 60.9 Å². The van der Waals surface area contributed by atoms with Gasteiger partial charge in [-0.15, -0.1) is 0 Å². The highest BCUT2D eigenvalue weighted by atomic mass is 35.5. The van der Waals surface area contributed by atoms with Crippen LogP contribution in [0.4, 0.5) is 0 Å². The van der Waals surface area contributed by atoms with Crippen molar-refractivity contribution in [2.24, 2.45) is 4.99 Å². The summed E-state index contributed by atoms with van der Waals surface area (Å²) in [6, 6.07) is 10.1. The lowest BCUT2D eigenvalue weighted by atomic mass is 9.87. The van der Waals surface area contributed by atoms with E-state index in [-0.39, 0.29) is 5.92 Å². The van der Waals surface area contributed by atoms with Crippen LogP contribution in [0, 0.1) is 6.92 Å². The molecule has 2 heterocycles. The highest BCUT2D eigenvalue weighted by Crippen LogP contribution is 2.34. The van der Waals surface area contributed by atoms with Gasteiger partial charge in [-0.2, -0.15) is 0 Å². The van der Waals surface area contributed by atoms with Gasteiger partial charge in [-0.25, -0.2) is 0 Å². The Labute approximate surface area is 232 Å². The molecule has 0 amide bonds. The number of allylic oxidation sites excluding steroid dienone is 1. The molecule has 1 atom stereocenters. The molecule has 1 aliphatic rings. The van der Waals surface area contributed by atoms with E-state index in [4.69, 9.17) is 11.6 Å². The zero-order valence-corrected chi connectivity index (χ0v) is 25.0. The van der Waals surface area contributed by atoms with Gasteiger partial charge in [0.25, 0.3) is 0 Å². The number of piperazine rings is 1. The first-order chi connectivity index (χ1) is 18.0. The maximum Gasteiger partial charge on any atom is 0.0885 e. The van der Waals surface area contributed by atoms with Gasteiger partial charge < -0.3 is 15.5 Å². The first-order valence-electron chi connectivity index (χ1n) is 13.6. The van der Waals surface area contributed by atoms with E-state index in [9.17, 15) is 0 Å². The lowest BCUT2D eigenvalue weighted by Crippen LogP contribution is -2.39. The molecule has 2 aromatic rings. The Morgan fingerprint density at radius 3 is 2.27 bits per heavy atom. The Bertz CT molecular complexity index is 910. The third-order valence-corrected chi connectivity index (χ3v) is 5.91. The fourth-order valence-electron chi connectivity index (χ4n) is 3.87. The van der Waals surface area contributed by atoms with Gasteiger partial charge in [-0.3, -0.25) is 9.98 Å². The van der Waals surface area contributed by atoms with Crippen LogP contribution < -0.4 is 10.6 Å². The molecule has 1 saturated heterocycles. The van der Waals surface area contributed by atoms with Crippen LogP contribution in [0.2, 0.25) is 5.02 Å². The number of halogens is 1. The Morgan fingerprint density at radius 1 is 1.14 bits per heavy atom. The monoisotopic (exact) mass is 527 g/mol. The van der Waals surface area contributed by atoms with E-state index in [2.05, 4.69) is 59.7 Å². The molecule has 1 aliphatic heterocycles. The second-order valence-electron chi connectivity index (χ2n) is 8.16. The highest BCUT2D eigenvalue weighted by molar-refractivity contribution is 6.30. The topological polar surface area (TPSA) is 52.5 Å². The Hall–Kier alpha value is -2.47. The van der Waals surface area contributed by atoms with Gasteiger partial charge in [0.2, 0.25) is 0 Å². The van der Waals surface area contributed by atoms with Crippen LogP contribution in [0.3, 0.4) is 0 Å². The molecule has 0 aliphatic carbocycles. The molecule has 1 aromatic carbocycles. The van der Waals surface area contributed by atoms with Crippen molar-refractivity contribution in [1.82, 2.24) is 20.5 Å². The highest BCUT2D eigenvalue weighted by Gasteiger charge is 2.17. The van der Waals surface area contributed by atoms with Gasteiger partial charge in [-0.05, 0) is 66.4 Å². The molecule has 206 valence electrons. The van der Waals surface area contributed by atoms with Crippen molar-refractivity contribution in [3.63, 3.8) is 0 Å². The standard InChI is InChI=1S/C23H28ClN3.C4H10N2.2C2H6/c1-6-27(16-25-5)14-8-10-17(2)22-15-20(24)11-12-21(22)19(4)23-18(3)9-7-13-26-23;1-2-6-4-3-5-1;2*1-2/h6-7,9,11-13,15-16,19H,1-2,8,10,14H2,3-5H3;5-6H,1-4H2;2*1-2H3. The average molecular weight is 528 g/mol. The molecule has 6 heteroatoms. The largest absolute Gasteiger partial charge is 0.340 e. The molecule has 3 rings (SSSR count). The Kier molecular flexibility index (Phi) is 20.2. The van der Waals surface area contributed by atoms with E-state index in [1.165, 1.54) is 11.1 Å². The van der Waals surface area contributed by atoms with Crippen molar-refractivity contribution in [3.05, 3.63) is 83.3 Å². The third kappa shape index (κ3) is 13.1. The summed E-state index contributed by atoms with van der Waals surface area (Å²) < 4.78 is 0. The minimum atomic E-state index is 0.173. The molecular weight excluding hydrogens is 478 g/mol. The first-order valence-corrected chi connectivity index (χ1v) is 14.0. The van der Waals surface area contributed by atoms with Gasteiger partial charge in [0.05, 0.1) is 12.0 Å². The lowest BCUT2D eigenvalue weighted by molar-refractivity contribution is 0.534. The van der Waals surface area contributed by atoms with Crippen LogP contribution in [-0.4, -0.2) is 56.0 Å². The SMILES string of the molecule is C1CNCCN1.C=CN(C=NC)CCCC(=C)c1cc(Cl)ccc1C(C)c1ncccc1C.CC.CC. The number of pyridine rings is 1. The van der Waals surface area contributed by atoms with E-state index < -0.39 is 0 Å². The molecule has 1 aromatic heterocycles. The summed E-state index contributed by atoms with van der Waals surface area (Å²) in [6.45, 7) is 25.8. The minimum absolute atomic E-state index is 0.173. The van der Waals surface area contributed by atoms with E-state index in [0.29, 0.717) is 0 Å². The van der Waals surface area contributed by atoms with Gasteiger partial charge in [0, 0.05) is 56.9 Å². The summed E-state index contributed by atoms with van der Waals surface area (Å²) in [4.78, 5) is 10.6. The number of rotatable bonds is 9. The zero-order valence-electron chi connectivity index (χ0n) is 24.3. The number of hydrogen-bond donors (Lipinski definition) is 2. The predicted octanol–water partition coefficient (Wildman–Crippen LogP) is 7.32. The number of aliphatic imine (C=N–C) groups is 1. The van der Waals surface area contributed by atoms with Crippen LogP contribution in [0.25, 0.3) is 5.57 Å². The van der Waals surface area contributed by atoms with Crippen molar-refractivity contribution in [3.8, 4) is 0 Å². The van der Waals surface area contributed by atoms with Crippen LogP contribution >= 0.6 is 11.6 Å². The number of hydrogen-bond acceptors (Lipinski definition) is 4. The molecule has 0 saturated carbocycles. The molecule has 0 radical (unpaired) electrons. The Balaban J connectivity index is 0.00000110. The number of benzene rings is 1. The van der Waals surface area contributed by atoms with Crippen molar-refractivity contribution >= 4 is 23.5 Å². The van der Waals surface area contributed by atoms with Crippen LogP contribution in [0.5, 0.6) is 0 Å². The van der Waals surface area contributed by atoms with E-state index in [1.807, 2.05) is 57.0 Å². The molecule has 2 N–H and O–H groups in total. The maximum absolute atomic E-state index is 6.30. The van der Waals surface area contributed by atoms with E-state index in [1.54, 1.807) is 19.6 Å². The maximum atomic E-state index is 6.30. The van der Waals surface area contributed by atoms with Crippen molar-refractivity contribution in [1.29, 1.82) is 0 Å². The van der Waals surface area contributed by atoms with Gasteiger partial charge in [-0.1, -0.05) is 71.5 Å². The summed E-state index contributed by atoms with van der Waals surface area (Å²) in [5.41, 5.74) is 5.70. The van der Waals surface area contributed by atoms with Crippen LogP contribution in [-0.2, 0) is 0 Å². The molecule has 1 fully saturated rings. The summed E-state index contributed by atoms with van der Waals surface area (Å²) in [6.07, 6.45) is 7.25. The van der Waals surface area contributed by atoms with E-state index in [0.717, 1.165) is 67.4 Å². The quantitative estimate of drug-likeness (QED) is 0.265. The number of aryl methyl sites for hydroxylation is 1. The fraction of sp³-hybridized carbons (Fsp3) is 0.484. The smallest absolute Gasteiger partial charge is 0.0885 e. The van der Waals surface area contributed by atoms with Crippen molar-refractivity contribution < 1.29 is 0 Å². The van der Waals surface area contributed by atoms with Gasteiger partial charge >= 0.3 is 0 Å². The summed E-state index contributed by atoms with van der Waals surface area (Å²) in [7, 11) is 1.76. The lowest BCUT2D eigenvalue weighted by Gasteiger charge is -2.20. The molecule has 37 heavy (non-hydrogen) atoms. The Morgan fingerprint density at radius 2 is 1.76 bits per heavy atom. The molecule has 1 unspecified atom stereocenters. The molecular formula is C31H50ClN5. The summed E-state index contributed by atoms with van der Waals surface area (Å²) >= 11 is 6.30. The molecule has 0 spiro atoms. The summed E-state index contributed by atoms with van der Waals surface area (Å²) in [5.74, 6) is 0.173.